The molecule has 2 aliphatic rings. The molecule has 27 heavy (non-hydrogen) atoms. The molecule has 142 valence electrons. The fourth-order valence-corrected chi connectivity index (χ4v) is 3.62. The first-order valence-electron chi connectivity index (χ1n) is 9.17. The summed E-state index contributed by atoms with van der Waals surface area (Å²) >= 11 is 0. The average Bonchev–Trinajstić information content (AvgIpc) is 3.26. The Labute approximate surface area is 160 Å². The molecule has 0 spiro atoms. The predicted octanol–water partition coefficient (Wildman–Crippen LogP) is 2.25. The van der Waals surface area contributed by atoms with Crippen LogP contribution in [0.15, 0.2) is 23.1 Å². The smallest absolute Gasteiger partial charge is 0.358 e. The summed E-state index contributed by atoms with van der Waals surface area (Å²) in [4.78, 5) is 24.2. The van der Waals surface area contributed by atoms with Crippen LogP contribution in [-0.4, -0.2) is 49.3 Å². The summed E-state index contributed by atoms with van der Waals surface area (Å²) in [6.45, 7) is 9.90. The van der Waals surface area contributed by atoms with E-state index in [-0.39, 0.29) is 12.3 Å². The number of piperidine rings is 1. The Morgan fingerprint density at radius 3 is 2.85 bits per heavy atom. The van der Waals surface area contributed by atoms with E-state index >= 15 is 0 Å². The lowest BCUT2D eigenvalue weighted by atomic mass is 10.0. The van der Waals surface area contributed by atoms with Crippen molar-refractivity contribution in [2.24, 2.45) is 16.8 Å². The normalized spacial score (nSPS) is 20.7. The molecule has 1 saturated heterocycles. The molecule has 2 fully saturated rings. The number of fused-ring (bicyclic) bond motifs is 1. The molecule has 0 N–H and O–H groups in total. The Bertz CT molecular complexity index is 816. The van der Waals surface area contributed by atoms with E-state index in [0.717, 1.165) is 41.9 Å². The minimum atomic E-state index is -0.505. The first-order valence-corrected chi connectivity index (χ1v) is 9.17. The molecule has 1 aromatic rings. The van der Waals surface area contributed by atoms with Gasteiger partial charge in [-0.25, -0.2) is 9.78 Å². The van der Waals surface area contributed by atoms with Crippen LogP contribution < -0.4 is 4.90 Å². The number of carbonyl (C=O) groups is 1. The van der Waals surface area contributed by atoms with Gasteiger partial charge in [0.1, 0.15) is 11.9 Å². The Kier molecular flexibility index (Phi) is 5.45. The largest absolute Gasteiger partial charge is 0.461 e. The molecular weight excluding hydrogens is 342 g/mol. The standard InChI is InChI=1S/C20H25N5O2/c1-5-27-20(26)18(22-3)12-24(4)9-16-8-23-19(17(7-21)13(16)2)25-10-14-6-15(14)11-25/h8,12,14-15H,3,5-6,9-11H2,1-2,4H3/b18-12-. The van der Waals surface area contributed by atoms with Crippen LogP contribution in [0, 0.1) is 30.1 Å². The first kappa shape index (κ1) is 18.9. The highest BCUT2D eigenvalue weighted by Gasteiger charge is 2.46. The van der Waals surface area contributed by atoms with Crippen molar-refractivity contribution in [2.75, 3.05) is 31.6 Å². The van der Waals surface area contributed by atoms with Crippen molar-refractivity contribution in [3.63, 3.8) is 0 Å². The van der Waals surface area contributed by atoms with Gasteiger partial charge in [0.15, 0.2) is 5.70 Å². The second-order valence-electron chi connectivity index (χ2n) is 7.19. The molecule has 1 aliphatic heterocycles. The monoisotopic (exact) mass is 367 g/mol. The fourth-order valence-electron chi connectivity index (χ4n) is 3.62. The summed E-state index contributed by atoms with van der Waals surface area (Å²) in [6.07, 6.45) is 4.73. The minimum absolute atomic E-state index is 0.151. The van der Waals surface area contributed by atoms with E-state index in [1.807, 2.05) is 25.1 Å². The summed E-state index contributed by atoms with van der Waals surface area (Å²) in [5.74, 6) is 1.85. The van der Waals surface area contributed by atoms with E-state index in [2.05, 4.69) is 27.7 Å². The van der Waals surface area contributed by atoms with Crippen molar-refractivity contribution >= 4 is 18.5 Å². The van der Waals surface area contributed by atoms with Crippen LogP contribution in [0.25, 0.3) is 0 Å². The molecule has 7 nitrogen and oxygen atoms in total. The van der Waals surface area contributed by atoms with Gasteiger partial charge in [-0.3, -0.25) is 4.99 Å². The molecule has 1 aliphatic carbocycles. The highest BCUT2D eigenvalue weighted by atomic mass is 16.5. The second kappa shape index (κ2) is 7.78. The molecule has 7 heteroatoms. The molecule has 0 aromatic carbocycles. The topological polar surface area (TPSA) is 81.8 Å². The SMILES string of the molecule is C=N/C(=C\N(C)Cc1cnc(N2CC3CC3C2)c(C#N)c1C)C(=O)OCC. The van der Waals surface area contributed by atoms with Crippen LogP contribution >= 0.6 is 0 Å². The Balaban J connectivity index is 1.77. The lowest BCUT2D eigenvalue weighted by Gasteiger charge is -2.23. The maximum atomic E-state index is 11.8. The number of carbonyl (C=O) groups excluding carboxylic acids is 1. The van der Waals surface area contributed by atoms with Crippen LogP contribution in [0.1, 0.15) is 30.0 Å². The maximum Gasteiger partial charge on any atom is 0.358 e. The van der Waals surface area contributed by atoms with E-state index in [9.17, 15) is 10.1 Å². The van der Waals surface area contributed by atoms with Gasteiger partial charge in [0, 0.05) is 39.1 Å². The average molecular weight is 367 g/mol. The molecule has 0 amide bonds. The third-order valence-electron chi connectivity index (χ3n) is 5.23. The van der Waals surface area contributed by atoms with Crippen LogP contribution in [0.3, 0.4) is 0 Å². The van der Waals surface area contributed by atoms with Crippen LogP contribution in [0.5, 0.6) is 0 Å². The van der Waals surface area contributed by atoms with E-state index in [1.165, 1.54) is 6.42 Å². The second-order valence-corrected chi connectivity index (χ2v) is 7.19. The molecule has 1 aromatic heterocycles. The van der Waals surface area contributed by atoms with E-state index in [0.29, 0.717) is 12.1 Å². The zero-order valence-electron chi connectivity index (χ0n) is 16.1. The van der Waals surface area contributed by atoms with Crippen LogP contribution in [-0.2, 0) is 16.1 Å². The highest BCUT2D eigenvalue weighted by Crippen LogP contribution is 2.46. The number of hydrogen-bond acceptors (Lipinski definition) is 7. The van der Waals surface area contributed by atoms with Crippen molar-refractivity contribution in [1.29, 1.82) is 5.26 Å². The van der Waals surface area contributed by atoms with Gasteiger partial charge in [-0.1, -0.05) is 0 Å². The van der Waals surface area contributed by atoms with Crippen molar-refractivity contribution in [2.45, 2.75) is 26.8 Å². The number of nitriles is 1. The van der Waals surface area contributed by atoms with Gasteiger partial charge in [0.25, 0.3) is 0 Å². The van der Waals surface area contributed by atoms with Gasteiger partial charge in [-0.15, -0.1) is 0 Å². The Morgan fingerprint density at radius 2 is 2.26 bits per heavy atom. The molecule has 0 radical (unpaired) electrons. The molecule has 1 saturated carbocycles. The Hall–Kier alpha value is -2.88. The zero-order chi connectivity index (χ0) is 19.6. The quantitative estimate of drug-likeness (QED) is 0.418. The number of ether oxygens (including phenoxy) is 1. The number of nitrogens with zero attached hydrogens (tertiary/aromatic N) is 5. The van der Waals surface area contributed by atoms with Gasteiger partial charge in [-0.05, 0) is 49.9 Å². The molecule has 2 heterocycles. The number of rotatable bonds is 7. The number of anilines is 1. The van der Waals surface area contributed by atoms with Gasteiger partial charge in [0.2, 0.25) is 0 Å². The van der Waals surface area contributed by atoms with Crippen LogP contribution in [0.2, 0.25) is 0 Å². The summed E-state index contributed by atoms with van der Waals surface area (Å²) in [6, 6.07) is 2.33. The fraction of sp³-hybridized carbons (Fsp3) is 0.500. The number of pyridine rings is 1. The van der Waals surface area contributed by atoms with E-state index in [4.69, 9.17) is 4.74 Å². The minimum Gasteiger partial charge on any atom is -0.461 e. The lowest BCUT2D eigenvalue weighted by molar-refractivity contribution is -0.138. The van der Waals surface area contributed by atoms with E-state index < -0.39 is 5.97 Å². The molecule has 0 bridgehead atoms. The molecule has 2 atom stereocenters. The van der Waals surface area contributed by atoms with Crippen molar-refractivity contribution in [3.05, 3.63) is 34.8 Å². The zero-order valence-corrected chi connectivity index (χ0v) is 16.1. The third kappa shape index (κ3) is 3.95. The molecule has 2 unspecified atom stereocenters. The summed E-state index contributed by atoms with van der Waals surface area (Å²) in [5.41, 5.74) is 2.65. The lowest BCUT2D eigenvalue weighted by Crippen LogP contribution is -2.25. The first-order chi connectivity index (χ1) is 13.0. The van der Waals surface area contributed by atoms with Gasteiger partial charge >= 0.3 is 5.97 Å². The van der Waals surface area contributed by atoms with Crippen molar-refractivity contribution < 1.29 is 9.53 Å². The number of hydrogen-bond donors (Lipinski definition) is 0. The van der Waals surface area contributed by atoms with Gasteiger partial charge < -0.3 is 14.5 Å². The molecular formula is C20H25N5O2. The number of aromatic nitrogens is 1. The summed E-state index contributed by atoms with van der Waals surface area (Å²) < 4.78 is 4.96. The summed E-state index contributed by atoms with van der Waals surface area (Å²) in [5, 5.41) is 9.68. The number of esters is 1. The maximum absolute atomic E-state index is 11.8. The van der Waals surface area contributed by atoms with E-state index in [1.54, 1.807) is 13.1 Å². The summed E-state index contributed by atoms with van der Waals surface area (Å²) in [7, 11) is 1.83. The molecule has 3 rings (SSSR count). The van der Waals surface area contributed by atoms with Crippen LogP contribution in [0.4, 0.5) is 5.82 Å². The van der Waals surface area contributed by atoms with Gasteiger partial charge in [-0.2, -0.15) is 5.26 Å². The van der Waals surface area contributed by atoms with Crippen molar-refractivity contribution in [3.8, 4) is 6.07 Å². The third-order valence-corrected chi connectivity index (χ3v) is 5.23. The number of aliphatic imine (C=N–C) groups is 1. The highest BCUT2D eigenvalue weighted by molar-refractivity contribution is 5.88. The Morgan fingerprint density at radius 1 is 1.56 bits per heavy atom. The predicted molar refractivity (Wildman–Crippen MR) is 103 cm³/mol. The van der Waals surface area contributed by atoms with Gasteiger partial charge in [0.05, 0.1) is 12.2 Å². The van der Waals surface area contributed by atoms with Crippen molar-refractivity contribution in [1.82, 2.24) is 9.88 Å².